The highest BCUT2D eigenvalue weighted by molar-refractivity contribution is 7.18. The highest BCUT2D eigenvalue weighted by Gasteiger charge is 2.30. The van der Waals surface area contributed by atoms with Crippen LogP contribution in [0.4, 0.5) is 0 Å². The quantitative estimate of drug-likeness (QED) is 0.550. The Morgan fingerprint density at radius 2 is 1.96 bits per heavy atom. The lowest BCUT2D eigenvalue weighted by Crippen LogP contribution is -2.42. The molecule has 0 radical (unpaired) electrons. The van der Waals surface area contributed by atoms with Gasteiger partial charge in [0.15, 0.2) is 6.10 Å². The molecule has 8 heteroatoms. The number of aromatic nitrogens is 1. The van der Waals surface area contributed by atoms with Crippen LogP contribution in [0.25, 0.3) is 10.2 Å². The number of aliphatic hydroxyl groups is 2. The molecule has 1 fully saturated rings. The standard InChI is InChI=1S/C20H23N3O3S2/c24-17(18(25)20-22-13-6-1-2-7-15(13)28-20)19(26)21-12-14(16-8-5-11-27-16)23-9-3-4-10-23/h1-2,5-8,11,14,17-18,24-25H,3-4,9-10,12H2,(H,21,26). The minimum absolute atomic E-state index is 0.0956. The number of hydrogen-bond donors (Lipinski definition) is 3. The van der Waals surface area contributed by atoms with Crippen LogP contribution in [-0.2, 0) is 4.79 Å². The molecule has 3 N–H and O–H groups in total. The third-order valence-corrected chi connectivity index (χ3v) is 7.13. The van der Waals surface area contributed by atoms with E-state index >= 15 is 0 Å². The molecule has 1 amide bonds. The van der Waals surface area contributed by atoms with Crippen molar-refractivity contribution in [2.45, 2.75) is 31.1 Å². The maximum atomic E-state index is 12.5. The zero-order chi connectivity index (χ0) is 19.5. The Bertz CT molecular complexity index is 889. The van der Waals surface area contributed by atoms with Crippen LogP contribution in [0.5, 0.6) is 0 Å². The molecule has 3 unspecified atom stereocenters. The lowest BCUT2D eigenvalue weighted by Gasteiger charge is -2.27. The number of fused-ring (bicyclic) bond motifs is 1. The Labute approximate surface area is 171 Å². The first-order chi connectivity index (χ1) is 13.6. The fourth-order valence-electron chi connectivity index (χ4n) is 3.54. The largest absolute Gasteiger partial charge is 0.383 e. The number of thiophene rings is 1. The highest BCUT2D eigenvalue weighted by Crippen LogP contribution is 2.29. The summed E-state index contributed by atoms with van der Waals surface area (Å²) in [4.78, 5) is 20.4. The molecule has 28 heavy (non-hydrogen) atoms. The van der Waals surface area contributed by atoms with Crippen molar-refractivity contribution in [3.05, 3.63) is 51.7 Å². The van der Waals surface area contributed by atoms with Gasteiger partial charge in [0.05, 0.1) is 16.3 Å². The van der Waals surface area contributed by atoms with Gasteiger partial charge >= 0.3 is 0 Å². The summed E-state index contributed by atoms with van der Waals surface area (Å²) in [5.74, 6) is -0.576. The number of carbonyl (C=O) groups is 1. The second kappa shape index (κ2) is 8.67. The molecule has 0 spiro atoms. The average molecular weight is 418 g/mol. The smallest absolute Gasteiger partial charge is 0.252 e. The Morgan fingerprint density at radius 3 is 2.68 bits per heavy atom. The first kappa shape index (κ1) is 19.5. The van der Waals surface area contributed by atoms with Gasteiger partial charge in [-0.2, -0.15) is 0 Å². The molecule has 6 nitrogen and oxygen atoms in total. The van der Waals surface area contributed by atoms with Crippen molar-refractivity contribution in [3.63, 3.8) is 0 Å². The molecule has 1 saturated heterocycles. The third kappa shape index (κ3) is 4.11. The number of carbonyl (C=O) groups excluding carboxylic acids is 1. The zero-order valence-electron chi connectivity index (χ0n) is 15.3. The molecule has 1 aliphatic heterocycles. The van der Waals surface area contributed by atoms with Gasteiger partial charge < -0.3 is 15.5 Å². The number of rotatable bonds is 7. The summed E-state index contributed by atoms with van der Waals surface area (Å²) in [5.41, 5.74) is 0.751. The minimum atomic E-state index is -1.55. The molecule has 0 bridgehead atoms. The summed E-state index contributed by atoms with van der Waals surface area (Å²) in [6, 6.07) is 11.7. The number of para-hydroxylation sites is 1. The van der Waals surface area contributed by atoms with Crippen LogP contribution in [0.1, 0.15) is 34.9 Å². The molecule has 2 aromatic heterocycles. The number of nitrogens with one attached hydrogen (secondary N) is 1. The first-order valence-corrected chi connectivity index (χ1v) is 11.1. The van der Waals surface area contributed by atoms with E-state index < -0.39 is 18.1 Å². The van der Waals surface area contributed by atoms with Gasteiger partial charge in [-0.3, -0.25) is 9.69 Å². The van der Waals surface area contributed by atoms with Gasteiger partial charge in [0, 0.05) is 11.4 Å². The van der Waals surface area contributed by atoms with E-state index in [1.165, 1.54) is 16.2 Å². The van der Waals surface area contributed by atoms with Crippen LogP contribution in [0.2, 0.25) is 0 Å². The molecule has 0 saturated carbocycles. The lowest BCUT2D eigenvalue weighted by molar-refractivity contribution is -0.135. The molecule has 0 aliphatic carbocycles. The summed E-state index contributed by atoms with van der Waals surface area (Å²) in [6.07, 6.45) is -0.573. The van der Waals surface area contributed by atoms with Crippen LogP contribution >= 0.6 is 22.7 Å². The van der Waals surface area contributed by atoms with E-state index in [2.05, 4.69) is 21.3 Å². The number of hydrogen-bond acceptors (Lipinski definition) is 7. The molecule has 3 aromatic rings. The fraction of sp³-hybridized carbons (Fsp3) is 0.400. The molecule has 1 aromatic carbocycles. The summed E-state index contributed by atoms with van der Waals surface area (Å²) in [5, 5.41) is 26.0. The van der Waals surface area contributed by atoms with E-state index in [9.17, 15) is 15.0 Å². The summed E-state index contributed by atoms with van der Waals surface area (Å²) >= 11 is 2.96. The summed E-state index contributed by atoms with van der Waals surface area (Å²) < 4.78 is 0.913. The Kier molecular flexibility index (Phi) is 6.03. The number of amides is 1. The number of nitrogens with zero attached hydrogens (tertiary/aromatic N) is 2. The van der Waals surface area contributed by atoms with Crippen molar-refractivity contribution in [2.75, 3.05) is 19.6 Å². The molecular formula is C20H23N3O3S2. The SMILES string of the molecule is O=C(NCC(c1cccs1)N1CCCC1)C(O)C(O)c1nc2ccccc2s1. The van der Waals surface area contributed by atoms with E-state index in [4.69, 9.17) is 0 Å². The highest BCUT2D eigenvalue weighted by atomic mass is 32.1. The van der Waals surface area contributed by atoms with E-state index in [0.717, 1.165) is 36.1 Å². The zero-order valence-corrected chi connectivity index (χ0v) is 17.0. The Morgan fingerprint density at radius 1 is 1.18 bits per heavy atom. The van der Waals surface area contributed by atoms with Crippen molar-refractivity contribution in [1.29, 1.82) is 0 Å². The number of thiazole rings is 1. The van der Waals surface area contributed by atoms with E-state index in [-0.39, 0.29) is 6.04 Å². The summed E-state index contributed by atoms with van der Waals surface area (Å²) in [7, 11) is 0. The van der Waals surface area contributed by atoms with Crippen molar-refractivity contribution in [1.82, 2.24) is 15.2 Å². The van der Waals surface area contributed by atoms with Gasteiger partial charge in [0.1, 0.15) is 11.1 Å². The van der Waals surface area contributed by atoms with E-state index in [0.29, 0.717) is 11.6 Å². The lowest BCUT2D eigenvalue weighted by atomic mass is 10.1. The fourth-order valence-corrected chi connectivity index (χ4v) is 5.39. The predicted molar refractivity (Wildman–Crippen MR) is 111 cm³/mol. The molecule has 3 atom stereocenters. The normalized spacial score (nSPS) is 18.2. The van der Waals surface area contributed by atoms with Crippen LogP contribution in [0.3, 0.4) is 0 Å². The van der Waals surface area contributed by atoms with Gasteiger partial charge in [-0.05, 0) is 49.5 Å². The second-order valence-corrected chi connectivity index (χ2v) is 8.97. The molecule has 148 valence electrons. The van der Waals surface area contributed by atoms with Gasteiger partial charge in [-0.25, -0.2) is 4.98 Å². The van der Waals surface area contributed by atoms with E-state index in [1.54, 1.807) is 11.3 Å². The van der Waals surface area contributed by atoms with Crippen molar-refractivity contribution < 1.29 is 15.0 Å². The minimum Gasteiger partial charge on any atom is -0.383 e. The topological polar surface area (TPSA) is 85.7 Å². The van der Waals surface area contributed by atoms with Gasteiger partial charge in [0.25, 0.3) is 5.91 Å². The average Bonchev–Trinajstić information content (AvgIpc) is 3.48. The molecule has 3 heterocycles. The van der Waals surface area contributed by atoms with Crippen LogP contribution < -0.4 is 5.32 Å². The predicted octanol–water partition coefficient (Wildman–Crippen LogP) is 2.71. The third-order valence-electron chi connectivity index (χ3n) is 5.05. The van der Waals surface area contributed by atoms with Crippen LogP contribution in [0, 0.1) is 0 Å². The maximum absolute atomic E-state index is 12.5. The molecule has 4 rings (SSSR count). The van der Waals surface area contributed by atoms with Gasteiger partial charge in [0.2, 0.25) is 0 Å². The Hall–Kier alpha value is -1.84. The number of aliphatic hydroxyl groups excluding tert-OH is 2. The Balaban J connectivity index is 1.41. The number of benzene rings is 1. The first-order valence-electron chi connectivity index (χ1n) is 9.40. The van der Waals surface area contributed by atoms with Gasteiger partial charge in [-0.1, -0.05) is 18.2 Å². The van der Waals surface area contributed by atoms with Gasteiger partial charge in [-0.15, -0.1) is 22.7 Å². The number of likely N-dealkylation sites (tertiary alicyclic amines) is 1. The van der Waals surface area contributed by atoms with Crippen molar-refractivity contribution in [3.8, 4) is 0 Å². The summed E-state index contributed by atoms with van der Waals surface area (Å²) in [6.45, 7) is 2.42. The maximum Gasteiger partial charge on any atom is 0.252 e. The molecular weight excluding hydrogens is 394 g/mol. The monoisotopic (exact) mass is 417 g/mol. The van der Waals surface area contributed by atoms with E-state index in [1.807, 2.05) is 35.7 Å². The second-order valence-electron chi connectivity index (χ2n) is 6.93. The van der Waals surface area contributed by atoms with Crippen LogP contribution in [0.15, 0.2) is 41.8 Å². The van der Waals surface area contributed by atoms with Crippen molar-refractivity contribution >= 4 is 38.8 Å². The van der Waals surface area contributed by atoms with Crippen LogP contribution in [-0.4, -0.2) is 51.7 Å². The molecule has 1 aliphatic rings. The van der Waals surface area contributed by atoms with Crippen molar-refractivity contribution in [2.24, 2.45) is 0 Å².